The summed E-state index contributed by atoms with van der Waals surface area (Å²) in [6, 6.07) is 7.45. The Morgan fingerprint density at radius 1 is 1.16 bits per heavy atom. The Bertz CT molecular complexity index is 689. The summed E-state index contributed by atoms with van der Waals surface area (Å²) in [6.45, 7) is 10.6. The van der Waals surface area contributed by atoms with Gasteiger partial charge in [-0.3, -0.25) is 0 Å². The minimum absolute atomic E-state index is 0.153. The van der Waals surface area contributed by atoms with Gasteiger partial charge in [-0.25, -0.2) is 8.42 Å². The van der Waals surface area contributed by atoms with Crippen molar-refractivity contribution in [3.05, 3.63) is 29.8 Å². The molecule has 1 atom stereocenters. The molecule has 0 spiro atoms. The Kier molecular flexibility index (Phi) is 5.57. The first-order valence-corrected chi connectivity index (χ1v) is 11.0. The molecule has 0 aromatic heterocycles. The van der Waals surface area contributed by atoms with Crippen molar-refractivity contribution >= 4 is 10.0 Å². The lowest BCUT2D eigenvalue weighted by Crippen LogP contribution is -2.41. The SMILES string of the molecule is Cc1cccc(S(=O)(=O)N2CCC[C@@H]2CCN2CCC(C)(C)CC2)c1. The molecular weight excluding hydrogens is 332 g/mol. The van der Waals surface area contributed by atoms with Crippen LogP contribution < -0.4 is 0 Å². The Labute approximate surface area is 153 Å². The monoisotopic (exact) mass is 364 g/mol. The second-order valence-corrected chi connectivity index (χ2v) is 10.4. The number of nitrogens with zero attached hydrogens (tertiary/aromatic N) is 2. The van der Waals surface area contributed by atoms with Crippen molar-refractivity contribution in [2.75, 3.05) is 26.2 Å². The molecule has 2 fully saturated rings. The summed E-state index contributed by atoms with van der Waals surface area (Å²) in [7, 11) is -3.37. The van der Waals surface area contributed by atoms with Crippen LogP contribution in [0.2, 0.25) is 0 Å². The Morgan fingerprint density at radius 2 is 1.88 bits per heavy atom. The van der Waals surface area contributed by atoms with Crippen LogP contribution >= 0.6 is 0 Å². The molecule has 0 aliphatic carbocycles. The van der Waals surface area contributed by atoms with E-state index in [1.165, 1.54) is 12.8 Å². The van der Waals surface area contributed by atoms with Crippen molar-refractivity contribution < 1.29 is 8.42 Å². The van der Waals surface area contributed by atoms with E-state index in [0.29, 0.717) is 16.9 Å². The van der Waals surface area contributed by atoms with Crippen LogP contribution in [0.5, 0.6) is 0 Å². The molecule has 0 bridgehead atoms. The first-order valence-electron chi connectivity index (χ1n) is 9.59. The standard InChI is InChI=1S/C20H32N2O2S/c1-17-6-4-8-19(16-17)25(23,24)22-12-5-7-18(22)9-13-21-14-10-20(2,3)11-15-21/h4,6,8,16,18H,5,7,9-15H2,1-3H3/t18-/m1/s1. The fourth-order valence-electron chi connectivity index (χ4n) is 4.04. The van der Waals surface area contributed by atoms with E-state index >= 15 is 0 Å². The Morgan fingerprint density at radius 3 is 2.56 bits per heavy atom. The molecule has 2 aliphatic heterocycles. The minimum atomic E-state index is -3.37. The van der Waals surface area contributed by atoms with E-state index < -0.39 is 10.0 Å². The predicted octanol–water partition coefficient (Wildman–Crippen LogP) is 3.66. The zero-order valence-corrected chi connectivity index (χ0v) is 16.7. The summed E-state index contributed by atoms with van der Waals surface area (Å²) in [5, 5.41) is 0. The van der Waals surface area contributed by atoms with Crippen molar-refractivity contribution in [3.8, 4) is 0 Å². The second kappa shape index (κ2) is 7.37. The summed E-state index contributed by atoms with van der Waals surface area (Å²) < 4.78 is 27.9. The van der Waals surface area contributed by atoms with Gasteiger partial charge >= 0.3 is 0 Å². The maximum absolute atomic E-state index is 13.0. The van der Waals surface area contributed by atoms with Crippen molar-refractivity contribution in [1.29, 1.82) is 0 Å². The highest BCUT2D eigenvalue weighted by molar-refractivity contribution is 7.89. The quantitative estimate of drug-likeness (QED) is 0.800. The predicted molar refractivity (Wildman–Crippen MR) is 102 cm³/mol. The molecule has 4 nitrogen and oxygen atoms in total. The third-order valence-corrected chi connectivity index (χ3v) is 7.86. The van der Waals surface area contributed by atoms with Crippen LogP contribution in [-0.4, -0.2) is 49.8 Å². The fourth-order valence-corrected chi connectivity index (χ4v) is 5.87. The van der Waals surface area contributed by atoms with Gasteiger partial charge in [0.05, 0.1) is 4.90 Å². The molecule has 1 aromatic carbocycles. The first-order chi connectivity index (χ1) is 11.8. The number of hydrogen-bond acceptors (Lipinski definition) is 3. The summed E-state index contributed by atoms with van der Waals surface area (Å²) >= 11 is 0. The minimum Gasteiger partial charge on any atom is -0.303 e. The van der Waals surface area contributed by atoms with Gasteiger partial charge in [0.15, 0.2) is 0 Å². The molecule has 0 radical (unpaired) electrons. The summed E-state index contributed by atoms with van der Waals surface area (Å²) in [5.74, 6) is 0. The van der Waals surface area contributed by atoms with E-state index in [2.05, 4.69) is 18.7 Å². The average molecular weight is 365 g/mol. The van der Waals surface area contributed by atoms with Gasteiger partial charge in [0.2, 0.25) is 10.0 Å². The van der Waals surface area contributed by atoms with E-state index in [0.717, 1.165) is 44.5 Å². The molecule has 2 aliphatic rings. The van der Waals surface area contributed by atoms with Gasteiger partial charge in [0.25, 0.3) is 0 Å². The highest BCUT2D eigenvalue weighted by Crippen LogP contribution is 2.31. The molecular formula is C20H32N2O2S. The van der Waals surface area contributed by atoms with Crippen LogP contribution in [0.4, 0.5) is 0 Å². The molecule has 0 unspecified atom stereocenters. The number of benzene rings is 1. The van der Waals surface area contributed by atoms with Gasteiger partial charge in [-0.05, 0) is 81.8 Å². The van der Waals surface area contributed by atoms with Crippen LogP contribution in [-0.2, 0) is 10.0 Å². The van der Waals surface area contributed by atoms with Crippen molar-refractivity contribution in [2.24, 2.45) is 5.41 Å². The molecule has 5 heteroatoms. The summed E-state index contributed by atoms with van der Waals surface area (Å²) in [6.07, 6.45) is 5.39. The van der Waals surface area contributed by atoms with Crippen molar-refractivity contribution in [3.63, 3.8) is 0 Å². The maximum atomic E-state index is 13.0. The van der Waals surface area contributed by atoms with Crippen LogP contribution in [0.3, 0.4) is 0 Å². The molecule has 25 heavy (non-hydrogen) atoms. The zero-order valence-electron chi connectivity index (χ0n) is 15.9. The third-order valence-electron chi connectivity index (χ3n) is 5.91. The highest BCUT2D eigenvalue weighted by atomic mass is 32.2. The van der Waals surface area contributed by atoms with E-state index in [-0.39, 0.29) is 6.04 Å². The number of aryl methyl sites for hydroxylation is 1. The largest absolute Gasteiger partial charge is 0.303 e. The van der Waals surface area contributed by atoms with Crippen LogP contribution in [0.25, 0.3) is 0 Å². The summed E-state index contributed by atoms with van der Waals surface area (Å²) in [5.41, 5.74) is 1.46. The normalized spacial score (nSPS) is 25.3. The number of likely N-dealkylation sites (tertiary alicyclic amines) is 1. The Balaban J connectivity index is 1.63. The number of rotatable bonds is 5. The van der Waals surface area contributed by atoms with Crippen LogP contribution in [0, 0.1) is 12.3 Å². The average Bonchev–Trinajstić information content (AvgIpc) is 3.03. The molecule has 1 aromatic rings. The van der Waals surface area contributed by atoms with Gasteiger partial charge in [-0.2, -0.15) is 4.31 Å². The van der Waals surface area contributed by atoms with Gasteiger partial charge in [-0.1, -0.05) is 26.0 Å². The molecule has 0 N–H and O–H groups in total. The second-order valence-electron chi connectivity index (χ2n) is 8.52. The molecule has 3 rings (SSSR count). The molecule has 0 saturated carbocycles. The van der Waals surface area contributed by atoms with E-state index in [1.807, 2.05) is 19.1 Å². The fraction of sp³-hybridized carbons (Fsp3) is 0.700. The lowest BCUT2D eigenvalue weighted by atomic mass is 9.82. The molecule has 140 valence electrons. The molecule has 0 amide bonds. The van der Waals surface area contributed by atoms with Crippen LogP contribution in [0.1, 0.15) is 51.5 Å². The van der Waals surface area contributed by atoms with Crippen LogP contribution in [0.15, 0.2) is 29.2 Å². The molecule has 2 saturated heterocycles. The van der Waals surface area contributed by atoms with E-state index in [4.69, 9.17) is 0 Å². The van der Waals surface area contributed by atoms with Gasteiger partial charge < -0.3 is 4.90 Å². The zero-order chi connectivity index (χ0) is 18.1. The van der Waals surface area contributed by atoms with E-state index in [1.54, 1.807) is 16.4 Å². The lowest BCUT2D eigenvalue weighted by Gasteiger charge is -2.37. The van der Waals surface area contributed by atoms with Gasteiger partial charge in [-0.15, -0.1) is 0 Å². The third kappa shape index (κ3) is 4.44. The lowest BCUT2D eigenvalue weighted by molar-refractivity contribution is 0.126. The molecule has 2 heterocycles. The number of piperidine rings is 1. The highest BCUT2D eigenvalue weighted by Gasteiger charge is 2.35. The Hall–Kier alpha value is -0.910. The summed E-state index contributed by atoms with van der Waals surface area (Å²) in [4.78, 5) is 2.96. The van der Waals surface area contributed by atoms with Gasteiger partial charge in [0.1, 0.15) is 0 Å². The van der Waals surface area contributed by atoms with Gasteiger partial charge in [0, 0.05) is 12.6 Å². The number of hydrogen-bond donors (Lipinski definition) is 0. The maximum Gasteiger partial charge on any atom is 0.243 e. The van der Waals surface area contributed by atoms with Crippen molar-refractivity contribution in [2.45, 2.75) is 63.8 Å². The smallest absolute Gasteiger partial charge is 0.243 e. The number of sulfonamides is 1. The van der Waals surface area contributed by atoms with E-state index in [9.17, 15) is 8.42 Å². The first kappa shape index (κ1) is 18.9. The topological polar surface area (TPSA) is 40.6 Å². The van der Waals surface area contributed by atoms with Crippen molar-refractivity contribution in [1.82, 2.24) is 9.21 Å².